The van der Waals surface area contributed by atoms with Gasteiger partial charge in [-0.05, 0) is 64.4 Å². The second kappa shape index (κ2) is 6.38. The molecule has 0 aromatic carbocycles. The Bertz CT molecular complexity index is 363. The van der Waals surface area contributed by atoms with Gasteiger partial charge in [0.25, 0.3) is 0 Å². The minimum absolute atomic E-state index is 0.176. The highest BCUT2D eigenvalue weighted by Gasteiger charge is 2.37. The van der Waals surface area contributed by atoms with E-state index in [1.54, 1.807) is 0 Å². The number of ether oxygens (including phenoxy) is 1. The van der Waals surface area contributed by atoms with Crippen LogP contribution in [0.2, 0.25) is 0 Å². The van der Waals surface area contributed by atoms with Crippen LogP contribution in [0, 0.1) is 0 Å². The molecule has 0 radical (unpaired) electrons. The minimum atomic E-state index is 0.176. The lowest BCUT2D eigenvalue weighted by Crippen LogP contribution is -2.45. The molecule has 2 nitrogen and oxygen atoms in total. The van der Waals surface area contributed by atoms with Gasteiger partial charge in [0.15, 0.2) is 0 Å². The van der Waals surface area contributed by atoms with E-state index >= 15 is 0 Å². The molecule has 19 heavy (non-hydrogen) atoms. The van der Waals surface area contributed by atoms with E-state index in [1.807, 2.05) is 11.3 Å². The first-order valence-electron chi connectivity index (χ1n) is 7.41. The van der Waals surface area contributed by atoms with Crippen LogP contribution in [0.4, 0.5) is 0 Å². The minimum Gasteiger partial charge on any atom is -0.375 e. The van der Waals surface area contributed by atoms with Crippen LogP contribution < -0.4 is 5.32 Å². The molecule has 0 saturated heterocycles. The van der Waals surface area contributed by atoms with E-state index in [9.17, 15) is 0 Å². The molecule has 0 spiro atoms. The van der Waals surface area contributed by atoms with E-state index in [4.69, 9.17) is 4.74 Å². The van der Waals surface area contributed by atoms with Gasteiger partial charge in [-0.25, -0.2) is 0 Å². The van der Waals surface area contributed by atoms with Gasteiger partial charge in [0.1, 0.15) is 0 Å². The molecule has 0 bridgehead atoms. The summed E-state index contributed by atoms with van der Waals surface area (Å²) >= 11 is 1.83. The summed E-state index contributed by atoms with van der Waals surface area (Å²) in [6.45, 7) is 8.59. The average molecular weight is 281 g/mol. The third-order valence-electron chi connectivity index (χ3n) is 3.84. The van der Waals surface area contributed by atoms with Crippen LogP contribution in [-0.4, -0.2) is 24.3 Å². The van der Waals surface area contributed by atoms with E-state index in [0.717, 1.165) is 26.0 Å². The molecule has 1 aliphatic rings. The number of thiophene rings is 1. The molecule has 0 amide bonds. The summed E-state index contributed by atoms with van der Waals surface area (Å²) in [5, 5.41) is 5.71. The van der Waals surface area contributed by atoms with Crippen LogP contribution in [-0.2, 0) is 11.2 Å². The van der Waals surface area contributed by atoms with Crippen molar-refractivity contribution < 1.29 is 4.74 Å². The Labute approximate surface area is 121 Å². The Hall–Kier alpha value is -0.380. The van der Waals surface area contributed by atoms with Crippen molar-refractivity contribution in [2.75, 3.05) is 13.2 Å². The maximum absolute atomic E-state index is 6.22. The fourth-order valence-electron chi connectivity index (χ4n) is 2.53. The van der Waals surface area contributed by atoms with Crippen LogP contribution in [0.1, 0.15) is 51.3 Å². The SMILES string of the molecule is CC(C)(C)NCCC1(OCCc2cccs2)CCC1. The molecule has 0 unspecified atom stereocenters. The molecule has 1 saturated carbocycles. The molecule has 3 heteroatoms. The van der Waals surface area contributed by atoms with Gasteiger partial charge in [-0.15, -0.1) is 11.3 Å². The van der Waals surface area contributed by atoms with Crippen molar-refractivity contribution in [3.8, 4) is 0 Å². The summed E-state index contributed by atoms with van der Waals surface area (Å²) in [6.07, 6.45) is 6.02. The molecule has 0 atom stereocenters. The Balaban J connectivity index is 1.69. The highest BCUT2D eigenvalue weighted by Crippen LogP contribution is 2.38. The maximum Gasteiger partial charge on any atom is 0.0694 e. The number of hydrogen-bond donors (Lipinski definition) is 1. The van der Waals surface area contributed by atoms with Crippen molar-refractivity contribution in [1.29, 1.82) is 0 Å². The monoisotopic (exact) mass is 281 g/mol. The first kappa shape index (κ1) is 15.0. The van der Waals surface area contributed by atoms with Crippen LogP contribution in [0.3, 0.4) is 0 Å². The summed E-state index contributed by atoms with van der Waals surface area (Å²) in [5.74, 6) is 0. The second-order valence-corrected chi connectivity index (χ2v) is 7.67. The first-order valence-corrected chi connectivity index (χ1v) is 8.29. The predicted octanol–water partition coefficient (Wildman–Crippen LogP) is 4.01. The van der Waals surface area contributed by atoms with Gasteiger partial charge >= 0.3 is 0 Å². The Morgan fingerprint density at radius 1 is 1.37 bits per heavy atom. The first-order chi connectivity index (χ1) is 8.99. The molecule has 2 rings (SSSR count). The lowest BCUT2D eigenvalue weighted by Gasteiger charge is -2.42. The normalized spacial score (nSPS) is 18.3. The van der Waals surface area contributed by atoms with Gasteiger partial charge in [-0.2, -0.15) is 0 Å². The summed E-state index contributed by atoms with van der Waals surface area (Å²) in [5.41, 5.74) is 0.386. The molecule has 0 aliphatic heterocycles. The Morgan fingerprint density at radius 3 is 2.68 bits per heavy atom. The van der Waals surface area contributed by atoms with Crippen LogP contribution in [0.15, 0.2) is 17.5 Å². The van der Waals surface area contributed by atoms with Crippen molar-refractivity contribution in [1.82, 2.24) is 5.32 Å². The predicted molar refractivity (Wildman–Crippen MR) is 82.9 cm³/mol. The number of rotatable bonds is 7. The van der Waals surface area contributed by atoms with Gasteiger partial charge in [0.05, 0.1) is 12.2 Å². The molecule has 1 heterocycles. The van der Waals surface area contributed by atoms with Gasteiger partial charge in [0, 0.05) is 16.8 Å². The van der Waals surface area contributed by atoms with E-state index in [-0.39, 0.29) is 11.1 Å². The molecule has 108 valence electrons. The zero-order valence-corrected chi connectivity index (χ0v) is 13.3. The third-order valence-corrected chi connectivity index (χ3v) is 4.77. The van der Waals surface area contributed by atoms with Crippen LogP contribution in [0.5, 0.6) is 0 Å². The van der Waals surface area contributed by atoms with Crippen molar-refractivity contribution in [2.24, 2.45) is 0 Å². The van der Waals surface area contributed by atoms with E-state index in [0.29, 0.717) is 0 Å². The highest BCUT2D eigenvalue weighted by atomic mass is 32.1. The maximum atomic E-state index is 6.22. The molecular formula is C16H27NOS. The second-order valence-electron chi connectivity index (χ2n) is 6.64. The summed E-state index contributed by atoms with van der Waals surface area (Å²) in [7, 11) is 0. The highest BCUT2D eigenvalue weighted by molar-refractivity contribution is 7.09. The Kier molecular flexibility index (Phi) is 5.04. The Morgan fingerprint density at radius 2 is 2.16 bits per heavy atom. The van der Waals surface area contributed by atoms with Gasteiger partial charge in [0.2, 0.25) is 0 Å². The largest absolute Gasteiger partial charge is 0.375 e. The quantitative estimate of drug-likeness (QED) is 0.815. The lowest BCUT2D eigenvalue weighted by atomic mass is 9.77. The molecular weight excluding hydrogens is 254 g/mol. The molecule has 1 aromatic heterocycles. The molecule has 1 fully saturated rings. The summed E-state index contributed by atoms with van der Waals surface area (Å²) in [4.78, 5) is 1.43. The molecule has 1 aromatic rings. The van der Waals surface area contributed by atoms with E-state index in [1.165, 1.54) is 24.1 Å². The fourth-order valence-corrected chi connectivity index (χ4v) is 3.22. The van der Waals surface area contributed by atoms with Crippen molar-refractivity contribution in [3.63, 3.8) is 0 Å². The van der Waals surface area contributed by atoms with E-state index < -0.39 is 0 Å². The van der Waals surface area contributed by atoms with Crippen LogP contribution in [0.25, 0.3) is 0 Å². The number of hydrogen-bond acceptors (Lipinski definition) is 3. The smallest absolute Gasteiger partial charge is 0.0694 e. The standard InChI is InChI=1S/C16H27NOS/c1-15(2,3)17-11-10-16(8-5-9-16)18-12-7-14-6-4-13-19-14/h4,6,13,17H,5,7-12H2,1-3H3. The van der Waals surface area contributed by atoms with Crippen LogP contribution >= 0.6 is 11.3 Å². The zero-order valence-electron chi connectivity index (χ0n) is 12.5. The molecule has 1 aliphatic carbocycles. The van der Waals surface area contributed by atoms with Crippen molar-refractivity contribution >= 4 is 11.3 Å². The molecule has 1 N–H and O–H groups in total. The topological polar surface area (TPSA) is 21.3 Å². The van der Waals surface area contributed by atoms with Gasteiger partial charge in [-0.3, -0.25) is 0 Å². The average Bonchev–Trinajstić information content (AvgIpc) is 2.76. The summed E-state index contributed by atoms with van der Waals surface area (Å²) < 4.78 is 6.22. The van der Waals surface area contributed by atoms with E-state index in [2.05, 4.69) is 43.6 Å². The zero-order chi connectivity index (χ0) is 13.8. The van der Waals surface area contributed by atoms with Crippen molar-refractivity contribution in [3.05, 3.63) is 22.4 Å². The fraction of sp³-hybridized carbons (Fsp3) is 0.750. The van der Waals surface area contributed by atoms with Gasteiger partial charge < -0.3 is 10.1 Å². The van der Waals surface area contributed by atoms with Crippen molar-refractivity contribution in [2.45, 2.75) is 64.0 Å². The summed E-state index contributed by atoms with van der Waals surface area (Å²) in [6, 6.07) is 4.31. The number of nitrogens with one attached hydrogen (secondary N) is 1. The third kappa shape index (κ3) is 4.90. The lowest BCUT2D eigenvalue weighted by molar-refractivity contribution is -0.103. The van der Waals surface area contributed by atoms with Gasteiger partial charge in [-0.1, -0.05) is 6.07 Å².